The molecular weight excluding hydrogens is 517 g/mol. The lowest BCUT2D eigenvalue weighted by atomic mass is 9.96. The van der Waals surface area contributed by atoms with Crippen molar-refractivity contribution >= 4 is 33.4 Å². The Labute approximate surface area is 203 Å². The molecule has 2 aromatic carbocycles. The van der Waals surface area contributed by atoms with E-state index in [9.17, 15) is 22.8 Å². The van der Waals surface area contributed by atoms with Crippen LogP contribution in [0.25, 0.3) is 0 Å². The molecule has 1 aliphatic rings. The van der Waals surface area contributed by atoms with E-state index in [4.69, 9.17) is 5.73 Å². The Morgan fingerprint density at radius 1 is 1.09 bits per heavy atom. The first kappa shape index (κ1) is 25.8. The van der Waals surface area contributed by atoms with Crippen LogP contribution < -0.4 is 21.1 Å². The van der Waals surface area contributed by atoms with E-state index in [1.807, 2.05) is 12.1 Å². The molecule has 3 rings (SSSR count). The number of anilines is 1. The molecule has 1 aliphatic heterocycles. The van der Waals surface area contributed by atoms with Gasteiger partial charge in [0.1, 0.15) is 5.75 Å². The van der Waals surface area contributed by atoms with Crippen molar-refractivity contribution in [2.24, 2.45) is 5.92 Å². The van der Waals surface area contributed by atoms with Gasteiger partial charge in [0.05, 0.1) is 12.1 Å². The molecule has 0 aliphatic carbocycles. The third-order valence-electron chi connectivity index (χ3n) is 5.53. The lowest BCUT2D eigenvalue weighted by Crippen LogP contribution is -2.41. The van der Waals surface area contributed by atoms with Crippen molar-refractivity contribution in [2.75, 3.05) is 31.9 Å². The smallest absolute Gasteiger partial charge is 0.406 e. The molecule has 2 aromatic rings. The molecule has 0 bridgehead atoms. The minimum absolute atomic E-state index is 0.0256. The molecule has 1 heterocycles. The lowest BCUT2D eigenvalue weighted by Gasteiger charge is -2.32. The number of ether oxygens (including phenoxy) is 1. The molecule has 1 fully saturated rings. The summed E-state index contributed by atoms with van der Waals surface area (Å²) in [5.41, 5.74) is 6.70. The van der Waals surface area contributed by atoms with Crippen molar-refractivity contribution < 1.29 is 27.5 Å². The zero-order valence-electron chi connectivity index (χ0n) is 18.3. The number of carbonyl (C=O) groups excluding carboxylic acids is 2. The molecule has 1 saturated heterocycles. The van der Waals surface area contributed by atoms with Gasteiger partial charge >= 0.3 is 6.36 Å². The number of rotatable bonds is 8. The molecule has 11 heteroatoms. The third-order valence-corrected chi connectivity index (χ3v) is 6.06. The van der Waals surface area contributed by atoms with Crippen molar-refractivity contribution in [3.8, 4) is 5.75 Å². The van der Waals surface area contributed by atoms with Crippen LogP contribution in [0.4, 0.5) is 18.9 Å². The van der Waals surface area contributed by atoms with Gasteiger partial charge < -0.3 is 21.1 Å². The number of nitrogens with zero attached hydrogens (tertiary/aromatic N) is 1. The predicted octanol–water partition coefficient (Wildman–Crippen LogP) is 3.69. The minimum atomic E-state index is -4.89. The van der Waals surface area contributed by atoms with Gasteiger partial charge in [0.25, 0.3) is 5.91 Å². The summed E-state index contributed by atoms with van der Waals surface area (Å²) in [5.74, 6) is -1.37. The summed E-state index contributed by atoms with van der Waals surface area (Å²) in [4.78, 5) is 26.8. The molecule has 0 atom stereocenters. The number of nitrogens with two attached hydrogens (primary N) is 1. The number of hydrogen-bond donors (Lipinski definition) is 3. The van der Waals surface area contributed by atoms with Gasteiger partial charge in [-0.2, -0.15) is 0 Å². The predicted molar refractivity (Wildman–Crippen MR) is 125 cm³/mol. The van der Waals surface area contributed by atoms with E-state index in [0.29, 0.717) is 12.5 Å². The maximum Gasteiger partial charge on any atom is 0.573 e. The van der Waals surface area contributed by atoms with E-state index in [-0.39, 0.29) is 23.7 Å². The van der Waals surface area contributed by atoms with Crippen LogP contribution in [-0.2, 0) is 11.3 Å². The summed E-state index contributed by atoms with van der Waals surface area (Å²) in [6.07, 6.45) is -2.99. The van der Waals surface area contributed by atoms with Gasteiger partial charge in [-0.05, 0) is 67.7 Å². The molecular formula is C23H26BrF3N4O3. The largest absolute Gasteiger partial charge is 0.573 e. The number of benzene rings is 2. The number of halogens is 4. The van der Waals surface area contributed by atoms with Crippen molar-refractivity contribution in [1.82, 2.24) is 15.5 Å². The highest BCUT2D eigenvalue weighted by molar-refractivity contribution is 9.10. The lowest BCUT2D eigenvalue weighted by molar-refractivity contribution is -0.274. The number of likely N-dealkylation sites (tertiary alicyclic amines) is 1. The first-order valence-electron chi connectivity index (χ1n) is 10.8. The SMILES string of the molecule is Nc1ccc(OC(F)(F)F)cc1C(=O)NCC(=O)NCC1CCN(Cc2ccc(Br)cc2)CC1. The highest BCUT2D eigenvalue weighted by atomic mass is 79.9. The van der Waals surface area contributed by atoms with E-state index in [1.54, 1.807) is 0 Å². The molecule has 0 spiro atoms. The van der Waals surface area contributed by atoms with Crippen LogP contribution in [0, 0.1) is 5.92 Å². The second kappa shape index (κ2) is 11.6. The number of carbonyl (C=O) groups is 2. The van der Waals surface area contributed by atoms with Gasteiger partial charge in [0.15, 0.2) is 0 Å². The molecule has 2 amide bonds. The zero-order valence-corrected chi connectivity index (χ0v) is 19.9. The van der Waals surface area contributed by atoms with Crippen LogP contribution in [0.3, 0.4) is 0 Å². The molecule has 184 valence electrons. The van der Waals surface area contributed by atoms with Crippen molar-refractivity contribution in [3.05, 3.63) is 58.1 Å². The average Bonchev–Trinajstić information content (AvgIpc) is 2.79. The Balaban J connectivity index is 1.38. The molecule has 0 unspecified atom stereocenters. The Hall–Kier alpha value is -2.79. The Morgan fingerprint density at radius 3 is 2.41 bits per heavy atom. The van der Waals surface area contributed by atoms with E-state index in [2.05, 4.69) is 48.3 Å². The number of amides is 2. The topological polar surface area (TPSA) is 96.7 Å². The highest BCUT2D eigenvalue weighted by Gasteiger charge is 2.31. The first-order valence-corrected chi connectivity index (χ1v) is 11.6. The number of hydrogen-bond acceptors (Lipinski definition) is 5. The summed E-state index contributed by atoms with van der Waals surface area (Å²) < 4.78 is 42.0. The molecule has 7 nitrogen and oxygen atoms in total. The second-order valence-electron chi connectivity index (χ2n) is 8.13. The maximum atomic E-state index is 12.4. The summed E-state index contributed by atoms with van der Waals surface area (Å²) in [6.45, 7) is 2.94. The maximum absolute atomic E-state index is 12.4. The monoisotopic (exact) mass is 542 g/mol. The fourth-order valence-electron chi connectivity index (χ4n) is 3.70. The normalized spacial score (nSPS) is 15.1. The molecule has 34 heavy (non-hydrogen) atoms. The average molecular weight is 543 g/mol. The van der Waals surface area contributed by atoms with Gasteiger partial charge in [-0.3, -0.25) is 14.5 Å². The zero-order chi connectivity index (χ0) is 24.7. The fourth-order valence-corrected chi connectivity index (χ4v) is 3.97. The molecule has 0 radical (unpaired) electrons. The summed E-state index contributed by atoms with van der Waals surface area (Å²) in [7, 11) is 0. The Morgan fingerprint density at radius 2 is 1.76 bits per heavy atom. The van der Waals surface area contributed by atoms with Gasteiger partial charge in [0.2, 0.25) is 5.91 Å². The number of piperidine rings is 1. The minimum Gasteiger partial charge on any atom is -0.406 e. The number of nitrogens with one attached hydrogen (secondary N) is 2. The summed E-state index contributed by atoms with van der Waals surface area (Å²) >= 11 is 3.43. The summed E-state index contributed by atoms with van der Waals surface area (Å²) in [5, 5.41) is 5.18. The number of alkyl halides is 3. The van der Waals surface area contributed by atoms with Crippen molar-refractivity contribution in [3.63, 3.8) is 0 Å². The standard InChI is InChI=1S/C23H26BrF3N4O3/c24-17-3-1-16(2-4-17)14-31-9-7-15(8-10-31)12-29-21(32)13-30-22(33)19-11-18(5-6-20(19)28)34-23(25,26)27/h1-6,11,15H,7-10,12-14,28H2,(H,29,32)(H,30,33). The van der Waals surface area contributed by atoms with Gasteiger partial charge in [-0.25, -0.2) is 0 Å². The van der Waals surface area contributed by atoms with Gasteiger partial charge in [0, 0.05) is 23.2 Å². The van der Waals surface area contributed by atoms with E-state index < -0.39 is 18.0 Å². The first-order chi connectivity index (χ1) is 16.1. The van der Waals surface area contributed by atoms with Crippen molar-refractivity contribution in [2.45, 2.75) is 25.7 Å². The van der Waals surface area contributed by atoms with Gasteiger partial charge in [-0.15, -0.1) is 13.2 Å². The van der Waals surface area contributed by atoms with Gasteiger partial charge in [-0.1, -0.05) is 28.1 Å². The number of nitrogen functional groups attached to an aromatic ring is 1. The van der Waals surface area contributed by atoms with E-state index in [1.165, 1.54) is 5.56 Å². The molecule has 0 saturated carbocycles. The van der Waals surface area contributed by atoms with Crippen LogP contribution >= 0.6 is 15.9 Å². The summed E-state index contributed by atoms with van der Waals surface area (Å²) in [6, 6.07) is 11.3. The fraction of sp³-hybridized carbons (Fsp3) is 0.391. The van der Waals surface area contributed by atoms with Crippen LogP contribution in [-0.4, -0.2) is 49.3 Å². The third kappa shape index (κ3) is 8.21. The molecule has 0 aromatic heterocycles. The molecule has 4 N–H and O–H groups in total. The van der Waals surface area contributed by atoms with Crippen molar-refractivity contribution in [1.29, 1.82) is 0 Å². The van der Waals surface area contributed by atoms with Crippen LogP contribution in [0.1, 0.15) is 28.8 Å². The highest BCUT2D eigenvalue weighted by Crippen LogP contribution is 2.26. The van der Waals surface area contributed by atoms with Crippen LogP contribution in [0.15, 0.2) is 46.9 Å². The van der Waals surface area contributed by atoms with Crippen LogP contribution in [0.5, 0.6) is 5.75 Å². The van der Waals surface area contributed by atoms with Crippen LogP contribution in [0.2, 0.25) is 0 Å². The van der Waals surface area contributed by atoms with E-state index in [0.717, 1.165) is 55.1 Å². The quantitative estimate of drug-likeness (QED) is 0.442. The van der Waals surface area contributed by atoms with E-state index >= 15 is 0 Å². The second-order valence-corrected chi connectivity index (χ2v) is 9.05. The Kier molecular flexibility index (Phi) is 8.78. The Bertz CT molecular complexity index is 994.